The number of nitrogens with zero attached hydrogens (tertiary/aromatic N) is 1. The molecule has 5 heteroatoms. The van der Waals surface area contributed by atoms with Crippen molar-refractivity contribution in [1.29, 1.82) is 0 Å². The van der Waals surface area contributed by atoms with Crippen LogP contribution in [0.3, 0.4) is 0 Å². The molecule has 0 aliphatic heterocycles. The maximum atomic E-state index is 12.2. The van der Waals surface area contributed by atoms with E-state index in [4.69, 9.17) is 4.74 Å². The van der Waals surface area contributed by atoms with Crippen LogP contribution in [0, 0.1) is 6.92 Å². The van der Waals surface area contributed by atoms with Gasteiger partial charge in [-0.3, -0.25) is 4.79 Å². The molecule has 0 fully saturated rings. The predicted molar refractivity (Wildman–Crippen MR) is 109 cm³/mol. The molecule has 3 aromatic rings. The lowest BCUT2D eigenvalue weighted by molar-refractivity contribution is -0.115. The van der Waals surface area contributed by atoms with Crippen LogP contribution in [0.2, 0.25) is 0 Å². The molecule has 5 nitrogen and oxygen atoms in total. The van der Waals surface area contributed by atoms with Crippen LogP contribution in [0.4, 0.5) is 17.2 Å². The first kappa shape index (κ1) is 18.5. The Kier molecular flexibility index (Phi) is 6.05. The van der Waals surface area contributed by atoms with Crippen LogP contribution in [0.1, 0.15) is 18.1 Å². The Morgan fingerprint density at radius 3 is 2.41 bits per heavy atom. The van der Waals surface area contributed by atoms with Gasteiger partial charge in [0.2, 0.25) is 5.91 Å². The van der Waals surface area contributed by atoms with Crippen LogP contribution in [-0.2, 0) is 11.2 Å². The van der Waals surface area contributed by atoms with Crippen LogP contribution >= 0.6 is 0 Å². The number of aromatic nitrogens is 1. The molecule has 1 heterocycles. The Labute approximate surface area is 159 Å². The Morgan fingerprint density at radius 1 is 1.00 bits per heavy atom. The first-order valence-electron chi connectivity index (χ1n) is 8.94. The number of nitrogens with one attached hydrogen (secondary N) is 2. The van der Waals surface area contributed by atoms with Crippen molar-refractivity contribution in [2.24, 2.45) is 0 Å². The summed E-state index contributed by atoms with van der Waals surface area (Å²) >= 11 is 0. The molecular formula is C22H23N3O2. The monoisotopic (exact) mass is 361 g/mol. The van der Waals surface area contributed by atoms with Crippen LogP contribution in [0.25, 0.3) is 0 Å². The molecule has 0 radical (unpaired) electrons. The van der Waals surface area contributed by atoms with E-state index in [0.29, 0.717) is 24.5 Å². The molecule has 0 aliphatic carbocycles. The number of rotatable bonds is 7. The van der Waals surface area contributed by atoms with Crippen molar-refractivity contribution in [2.75, 3.05) is 17.2 Å². The summed E-state index contributed by atoms with van der Waals surface area (Å²) in [4.78, 5) is 16.6. The van der Waals surface area contributed by atoms with E-state index in [1.165, 1.54) is 0 Å². The molecule has 0 saturated heterocycles. The number of carbonyl (C=O) groups excluding carboxylic acids is 1. The average molecular weight is 361 g/mol. The summed E-state index contributed by atoms with van der Waals surface area (Å²) in [5.74, 6) is 1.48. The van der Waals surface area contributed by atoms with Crippen molar-refractivity contribution in [3.63, 3.8) is 0 Å². The molecule has 138 valence electrons. The lowest BCUT2D eigenvalue weighted by Gasteiger charge is -2.09. The Balaban J connectivity index is 1.56. The lowest BCUT2D eigenvalue weighted by atomic mass is 10.1. The van der Waals surface area contributed by atoms with Gasteiger partial charge in [-0.15, -0.1) is 0 Å². The summed E-state index contributed by atoms with van der Waals surface area (Å²) in [6, 6.07) is 19.2. The molecule has 3 rings (SSSR count). The van der Waals surface area contributed by atoms with Crippen molar-refractivity contribution in [3.8, 4) is 5.75 Å². The van der Waals surface area contributed by atoms with Gasteiger partial charge in [0.25, 0.3) is 0 Å². The number of ether oxygens (including phenoxy) is 1. The van der Waals surface area contributed by atoms with E-state index in [1.807, 2.05) is 74.5 Å². The zero-order chi connectivity index (χ0) is 19.1. The second kappa shape index (κ2) is 8.85. The van der Waals surface area contributed by atoms with Crippen LogP contribution < -0.4 is 15.4 Å². The molecule has 27 heavy (non-hydrogen) atoms. The standard InChI is InChI=1S/C22H23N3O2/c1-3-27-20-11-8-18(9-12-20)24-21-13-10-19(15-23-21)25-22(26)14-17-7-5-4-6-16(17)2/h4-13,15H,3,14H2,1-2H3,(H,23,24)(H,25,26). The third-order valence-corrected chi connectivity index (χ3v) is 4.10. The smallest absolute Gasteiger partial charge is 0.228 e. The first-order valence-corrected chi connectivity index (χ1v) is 8.94. The van der Waals surface area contributed by atoms with E-state index in [-0.39, 0.29) is 5.91 Å². The minimum Gasteiger partial charge on any atom is -0.494 e. The fourth-order valence-electron chi connectivity index (χ4n) is 2.68. The van der Waals surface area contributed by atoms with Crippen molar-refractivity contribution in [1.82, 2.24) is 4.98 Å². The van der Waals surface area contributed by atoms with Gasteiger partial charge >= 0.3 is 0 Å². The number of hydrogen-bond acceptors (Lipinski definition) is 4. The van der Waals surface area contributed by atoms with Crippen molar-refractivity contribution < 1.29 is 9.53 Å². The van der Waals surface area contributed by atoms with Crippen LogP contribution in [0.15, 0.2) is 66.9 Å². The van der Waals surface area contributed by atoms with Gasteiger partial charge in [0, 0.05) is 5.69 Å². The fraction of sp³-hybridized carbons (Fsp3) is 0.182. The third-order valence-electron chi connectivity index (χ3n) is 4.10. The molecular weight excluding hydrogens is 338 g/mol. The minimum absolute atomic E-state index is 0.0571. The largest absolute Gasteiger partial charge is 0.494 e. The molecule has 1 amide bonds. The maximum Gasteiger partial charge on any atom is 0.228 e. The summed E-state index contributed by atoms with van der Waals surface area (Å²) in [6.45, 7) is 4.61. The first-order chi connectivity index (χ1) is 13.1. The topological polar surface area (TPSA) is 63.2 Å². The van der Waals surface area contributed by atoms with E-state index in [2.05, 4.69) is 15.6 Å². The van der Waals surface area contributed by atoms with E-state index < -0.39 is 0 Å². The highest BCUT2D eigenvalue weighted by atomic mass is 16.5. The van der Waals surface area contributed by atoms with Gasteiger partial charge in [-0.2, -0.15) is 0 Å². The number of aryl methyl sites for hydroxylation is 1. The highest BCUT2D eigenvalue weighted by Gasteiger charge is 2.06. The van der Waals surface area contributed by atoms with Gasteiger partial charge in [0.15, 0.2) is 0 Å². The molecule has 0 aliphatic rings. The maximum absolute atomic E-state index is 12.2. The number of benzene rings is 2. The third kappa shape index (κ3) is 5.31. The number of anilines is 3. The molecule has 0 saturated carbocycles. The SMILES string of the molecule is CCOc1ccc(Nc2ccc(NC(=O)Cc3ccccc3C)cn2)cc1. The number of carbonyl (C=O) groups is 1. The van der Waals surface area contributed by atoms with Crippen LogP contribution in [-0.4, -0.2) is 17.5 Å². The van der Waals surface area contributed by atoms with E-state index in [1.54, 1.807) is 6.20 Å². The van der Waals surface area contributed by atoms with E-state index >= 15 is 0 Å². The van der Waals surface area contributed by atoms with Gasteiger partial charge < -0.3 is 15.4 Å². The molecule has 0 atom stereocenters. The van der Waals surface area contributed by atoms with Gasteiger partial charge in [-0.25, -0.2) is 4.98 Å². The Hall–Kier alpha value is -3.34. The van der Waals surface area contributed by atoms with Gasteiger partial charge in [-0.1, -0.05) is 24.3 Å². The quantitative estimate of drug-likeness (QED) is 0.639. The zero-order valence-corrected chi connectivity index (χ0v) is 15.5. The summed E-state index contributed by atoms with van der Waals surface area (Å²) in [6.07, 6.45) is 1.99. The van der Waals surface area contributed by atoms with Gasteiger partial charge in [0.1, 0.15) is 11.6 Å². The van der Waals surface area contributed by atoms with Gasteiger partial charge in [0.05, 0.1) is 24.9 Å². The molecule has 2 N–H and O–H groups in total. The Bertz CT molecular complexity index is 890. The molecule has 0 spiro atoms. The summed E-state index contributed by atoms with van der Waals surface area (Å²) in [5.41, 5.74) is 3.73. The number of amides is 1. The zero-order valence-electron chi connectivity index (χ0n) is 15.5. The second-order valence-electron chi connectivity index (χ2n) is 6.17. The van der Waals surface area contributed by atoms with Crippen molar-refractivity contribution in [2.45, 2.75) is 20.3 Å². The summed E-state index contributed by atoms with van der Waals surface area (Å²) in [5, 5.41) is 6.11. The number of hydrogen-bond donors (Lipinski definition) is 2. The fourth-order valence-corrected chi connectivity index (χ4v) is 2.68. The Morgan fingerprint density at radius 2 is 1.74 bits per heavy atom. The van der Waals surface area contributed by atoms with Gasteiger partial charge in [-0.05, 0) is 61.4 Å². The highest BCUT2D eigenvalue weighted by molar-refractivity contribution is 5.92. The molecule has 1 aromatic heterocycles. The highest BCUT2D eigenvalue weighted by Crippen LogP contribution is 2.20. The van der Waals surface area contributed by atoms with E-state index in [9.17, 15) is 4.79 Å². The average Bonchev–Trinajstić information content (AvgIpc) is 2.67. The predicted octanol–water partition coefficient (Wildman–Crippen LogP) is 4.71. The molecule has 0 unspecified atom stereocenters. The lowest BCUT2D eigenvalue weighted by Crippen LogP contribution is -2.15. The van der Waals surface area contributed by atoms with E-state index in [0.717, 1.165) is 22.6 Å². The summed E-state index contributed by atoms with van der Waals surface area (Å²) < 4.78 is 5.43. The second-order valence-corrected chi connectivity index (χ2v) is 6.17. The van der Waals surface area contributed by atoms with Crippen LogP contribution in [0.5, 0.6) is 5.75 Å². The normalized spacial score (nSPS) is 10.3. The molecule has 0 bridgehead atoms. The molecule has 2 aromatic carbocycles. The van der Waals surface area contributed by atoms with Crippen molar-refractivity contribution >= 4 is 23.1 Å². The minimum atomic E-state index is -0.0571. The van der Waals surface area contributed by atoms with Crippen molar-refractivity contribution in [3.05, 3.63) is 78.0 Å². The summed E-state index contributed by atoms with van der Waals surface area (Å²) in [7, 11) is 0. The number of pyridine rings is 1.